The monoisotopic (exact) mass is 512 g/mol. The fraction of sp³-hybridized carbons (Fsp3) is 0.160. The first-order valence-electron chi connectivity index (χ1n) is 9.97. The van der Waals surface area contributed by atoms with Crippen molar-refractivity contribution < 1.29 is 23.7 Å². The summed E-state index contributed by atoms with van der Waals surface area (Å²) in [5.74, 6) is 1.87. The number of ketones is 1. The lowest BCUT2D eigenvalue weighted by atomic mass is 10.0. The summed E-state index contributed by atoms with van der Waals surface area (Å²) in [4.78, 5) is 13.1. The number of benzene rings is 3. The Kier molecular flexibility index (Phi) is 5.67. The predicted octanol–water partition coefficient (Wildman–Crippen LogP) is 6.47. The van der Waals surface area contributed by atoms with E-state index in [1.807, 2.05) is 49.4 Å². The molecule has 0 N–H and O–H groups in total. The highest BCUT2D eigenvalue weighted by atomic mass is 79.9. The second-order valence-corrected chi connectivity index (χ2v) is 8.92. The van der Waals surface area contributed by atoms with Crippen molar-refractivity contribution in [2.24, 2.45) is 0 Å². The lowest BCUT2D eigenvalue weighted by Crippen LogP contribution is -2.12. The molecule has 2 aliphatic rings. The third-order valence-corrected chi connectivity index (χ3v) is 5.92. The zero-order valence-corrected chi connectivity index (χ0v) is 19.5. The second-order valence-electron chi connectivity index (χ2n) is 7.57. The van der Waals surface area contributed by atoms with E-state index in [9.17, 15) is 4.79 Å². The first kappa shape index (κ1) is 21.1. The Morgan fingerprint density at radius 2 is 2.06 bits per heavy atom. The van der Waals surface area contributed by atoms with Crippen LogP contribution in [0.3, 0.4) is 0 Å². The fourth-order valence-corrected chi connectivity index (χ4v) is 4.55. The molecule has 3 aromatic carbocycles. The van der Waals surface area contributed by atoms with Crippen LogP contribution in [-0.2, 0) is 18.0 Å². The molecule has 7 heteroatoms. The largest absolute Gasteiger partial charge is 0.489 e. The van der Waals surface area contributed by atoms with Crippen molar-refractivity contribution in [2.75, 3.05) is 6.79 Å². The maximum atomic E-state index is 13.1. The van der Waals surface area contributed by atoms with Gasteiger partial charge in [0.2, 0.25) is 5.78 Å². The zero-order valence-electron chi connectivity index (χ0n) is 17.1. The van der Waals surface area contributed by atoms with Crippen LogP contribution >= 0.6 is 27.5 Å². The van der Waals surface area contributed by atoms with Crippen LogP contribution in [0, 0.1) is 6.92 Å². The standard InChI is InChI=1S/C25H18BrClO5/c1-14-5-20(30-11-15-3-2-4-19(27)6-15)10-21-23(14)24(28)22(32-21)9-16-7-18(26)8-17-12-29-13-31-25(16)17/h2-10H,11-13H2,1H3/b22-9-. The Morgan fingerprint density at radius 3 is 2.91 bits per heavy atom. The molecule has 3 aromatic rings. The van der Waals surface area contributed by atoms with E-state index in [4.69, 9.17) is 30.5 Å². The number of Topliss-reactive ketones (excluding diaryl/α,β-unsaturated/α-hetero) is 1. The molecule has 2 aliphatic heterocycles. The van der Waals surface area contributed by atoms with Gasteiger partial charge in [0.15, 0.2) is 12.6 Å². The molecule has 0 saturated heterocycles. The van der Waals surface area contributed by atoms with Crippen molar-refractivity contribution in [3.8, 4) is 17.2 Å². The molecule has 32 heavy (non-hydrogen) atoms. The van der Waals surface area contributed by atoms with E-state index in [1.54, 1.807) is 12.1 Å². The first-order valence-corrected chi connectivity index (χ1v) is 11.1. The average Bonchev–Trinajstić information content (AvgIpc) is 3.08. The van der Waals surface area contributed by atoms with Crippen molar-refractivity contribution in [3.05, 3.63) is 91.6 Å². The van der Waals surface area contributed by atoms with Gasteiger partial charge in [0.25, 0.3) is 0 Å². The molecule has 0 aromatic heterocycles. The smallest absolute Gasteiger partial charge is 0.232 e. The van der Waals surface area contributed by atoms with E-state index < -0.39 is 0 Å². The molecule has 0 amide bonds. The van der Waals surface area contributed by atoms with Crippen molar-refractivity contribution in [2.45, 2.75) is 20.1 Å². The highest BCUT2D eigenvalue weighted by Crippen LogP contribution is 2.39. The van der Waals surface area contributed by atoms with E-state index in [0.717, 1.165) is 26.7 Å². The summed E-state index contributed by atoms with van der Waals surface area (Å²) in [6.07, 6.45) is 1.71. The number of carbonyl (C=O) groups is 1. The summed E-state index contributed by atoms with van der Waals surface area (Å²) >= 11 is 9.55. The van der Waals surface area contributed by atoms with Gasteiger partial charge < -0.3 is 18.9 Å². The normalized spacial score (nSPS) is 15.7. The molecule has 0 radical (unpaired) electrons. The fourth-order valence-electron chi connectivity index (χ4n) is 3.81. The van der Waals surface area contributed by atoms with Crippen molar-refractivity contribution in [1.29, 1.82) is 0 Å². The molecule has 2 heterocycles. The first-order chi connectivity index (χ1) is 15.5. The van der Waals surface area contributed by atoms with Gasteiger partial charge in [-0.2, -0.15) is 0 Å². The zero-order chi connectivity index (χ0) is 22.2. The third kappa shape index (κ3) is 4.13. The molecule has 5 nitrogen and oxygen atoms in total. The summed E-state index contributed by atoms with van der Waals surface area (Å²) in [6.45, 7) is 2.86. The van der Waals surface area contributed by atoms with Crippen LogP contribution < -0.4 is 14.2 Å². The van der Waals surface area contributed by atoms with Crippen LogP contribution in [0.4, 0.5) is 0 Å². The number of hydrogen-bond acceptors (Lipinski definition) is 5. The Balaban J connectivity index is 1.42. The summed E-state index contributed by atoms with van der Waals surface area (Å²) in [7, 11) is 0. The summed E-state index contributed by atoms with van der Waals surface area (Å²) in [6, 6.07) is 14.9. The van der Waals surface area contributed by atoms with Crippen molar-refractivity contribution in [3.63, 3.8) is 0 Å². The van der Waals surface area contributed by atoms with Crippen LogP contribution in [0.15, 0.2) is 58.8 Å². The molecule has 0 bridgehead atoms. The van der Waals surface area contributed by atoms with Gasteiger partial charge in [-0.1, -0.05) is 39.7 Å². The summed E-state index contributed by atoms with van der Waals surface area (Å²) in [5.41, 5.74) is 3.95. The van der Waals surface area contributed by atoms with Gasteiger partial charge in [0.05, 0.1) is 12.2 Å². The molecule has 0 saturated carbocycles. The van der Waals surface area contributed by atoms with E-state index >= 15 is 0 Å². The Morgan fingerprint density at radius 1 is 1.19 bits per heavy atom. The van der Waals surface area contributed by atoms with E-state index in [-0.39, 0.29) is 18.3 Å². The number of hydrogen-bond donors (Lipinski definition) is 0. The van der Waals surface area contributed by atoms with Crippen molar-refractivity contribution >= 4 is 39.4 Å². The van der Waals surface area contributed by atoms with Crippen LogP contribution in [0.1, 0.15) is 32.6 Å². The van der Waals surface area contributed by atoms with Crippen LogP contribution in [0.5, 0.6) is 17.2 Å². The number of halogens is 2. The molecule has 0 unspecified atom stereocenters. The molecule has 0 spiro atoms. The Labute approximate surface area is 198 Å². The average molecular weight is 514 g/mol. The minimum Gasteiger partial charge on any atom is -0.489 e. The van der Waals surface area contributed by atoms with E-state index in [2.05, 4.69) is 15.9 Å². The Hall–Kier alpha value is -2.80. The summed E-state index contributed by atoms with van der Waals surface area (Å²) < 4.78 is 23.8. The van der Waals surface area contributed by atoms with Gasteiger partial charge in [-0.15, -0.1) is 0 Å². The van der Waals surface area contributed by atoms with Gasteiger partial charge in [0, 0.05) is 26.7 Å². The molecule has 0 fully saturated rings. The topological polar surface area (TPSA) is 54.0 Å². The van der Waals surface area contributed by atoms with Gasteiger partial charge in [-0.3, -0.25) is 4.79 Å². The van der Waals surface area contributed by atoms with Crippen LogP contribution in [-0.4, -0.2) is 12.6 Å². The quantitative estimate of drug-likeness (QED) is 0.374. The maximum absolute atomic E-state index is 13.1. The number of fused-ring (bicyclic) bond motifs is 2. The number of carbonyl (C=O) groups excluding carboxylic acids is 1. The van der Waals surface area contributed by atoms with Crippen LogP contribution in [0.25, 0.3) is 6.08 Å². The lowest BCUT2D eigenvalue weighted by molar-refractivity contribution is -0.0165. The lowest BCUT2D eigenvalue weighted by Gasteiger charge is -2.20. The highest BCUT2D eigenvalue weighted by molar-refractivity contribution is 9.10. The van der Waals surface area contributed by atoms with E-state index in [0.29, 0.717) is 41.0 Å². The van der Waals surface area contributed by atoms with Crippen molar-refractivity contribution in [1.82, 2.24) is 0 Å². The van der Waals surface area contributed by atoms with Gasteiger partial charge >= 0.3 is 0 Å². The van der Waals surface area contributed by atoms with Crippen LogP contribution in [0.2, 0.25) is 5.02 Å². The highest BCUT2D eigenvalue weighted by Gasteiger charge is 2.30. The van der Waals surface area contributed by atoms with Gasteiger partial charge in [-0.25, -0.2) is 0 Å². The van der Waals surface area contributed by atoms with Gasteiger partial charge in [-0.05, 0) is 54.5 Å². The molecule has 162 valence electrons. The summed E-state index contributed by atoms with van der Waals surface area (Å²) in [5, 5.41) is 0.658. The molecule has 0 atom stereocenters. The molecular formula is C25H18BrClO5. The molecule has 0 aliphatic carbocycles. The second kappa shape index (κ2) is 8.62. The van der Waals surface area contributed by atoms with Gasteiger partial charge in [0.1, 0.15) is 23.9 Å². The predicted molar refractivity (Wildman–Crippen MR) is 124 cm³/mol. The minimum atomic E-state index is -0.167. The SMILES string of the molecule is Cc1cc(OCc2cccc(Cl)c2)cc2c1C(=O)/C(=C/c1cc(Br)cc3c1OCOC3)O2. The number of allylic oxidation sites excluding steroid dienone is 1. The number of ether oxygens (including phenoxy) is 4. The van der Waals surface area contributed by atoms with E-state index in [1.165, 1.54) is 0 Å². The molecular weight excluding hydrogens is 496 g/mol. The molecule has 5 rings (SSSR count). The third-order valence-electron chi connectivity index (χ3n) is 5.23. The number of rotatable bonds is 4. The maximum Gasteiger partial charge on any atom is 0.232 e. The Bertz CT molecular complexity index is 1270. The minimum absolute atomic E-state index is 0.167. The number of aryl methyl sites for hydroxylation is 1.